The summed E-state index contributed by atoms with van der Waals surface area (Å²) in [5.41, 5.74) is 0.806. The summed E-state index contributed by atoms with van der Waals surface area (Å²) in [6, 6.07) is 7.52. The molecule has 0 N–H and O–H groups in total. The normalized spacial score (nSPS) is 11.7. The van der Waals surface area contributed by atoms with Gasteiger partial charge in [0, 0.05) is 22.5 Å². The topological polar surface area (TPSA) is 69.6 Å². The van der Waals surface area contributed by atoms with Crippen molar-refractivity contribution < 1.29 is 4.52 Å². The second kappa shape index (κ2) is 7.63. The van der Waals surface area contributed by atoms with E-state index in [0.29, 0.717) is 29.0 Å². The molecule has 0 amide bonds. The molecule has 6 nitrogen and oxygen atoms in total. The van der Waals surface area contributed by atoms with Crippen LogP contribution in [-0.2, 0) is 17.7 Å². The van der Waals surface area contributed by atoms with E-state index in [-0.39, 0.29) is 5.41 Å². The molecule has 0 aliphatic heterocycles. The number of thioether (sulfide) groups is 1. The lowest BCUT2D eigenvalue weighted by Gasteiger charge is -2.10. The summed E-state index contributed by atoms with van der Waals surface area (Å²) >= 11 is 7.47. The van der Waals surface area contributed by atoms with Gasteiger partial charge >= 0.3 is 0 Å². The summed E-state index contributed by atoms with van der Waals surface area (Å²) in [5, 5.41) is 14.1. The van der Waals surface area contributed by atoms with Gasteiger partial charge in [-0.05, 0) is 24.3 Å². The number of aromatic nitrogens is 5. The lowest BCUT2D eigenvalue weighted by atomic mass is 9.96. The maximum atomic E-state index is 5.97. The summed E-state index contributed by atoms with van der Waals surface area (Å²) in [5.74, 6) is 2.56. The average molecular weight is 390 g/mol. The molecule has 1 aromatic carbocycles. The summed E-state index contributed by atoms with van der Waals surface area (Å²) in [4.78, 5) is 4.46. The van der Waals surface area contributed by atoms with Gasteiger partial charge in [-0.15, -0.1) is 16.8 Å². The molecule has 0 fully saturated rings. The summed E-state index contributed by atoms with van der Waals surface area (Å²) in [7, 11) is 0. The number of nitrogens with zero attached hydrogens (tertiary/aromatic N) is 5. The smallest absolute Gasteiger partial charge is 0.237 e. The second-order valence-corrected chi connectivity index (χ2v) is 8.14. The lowest BCUT2D eigenvalue weighted by molar-refractivity contribution is 0.372. The lowest BCUT2D eigenvalue weighted by Crippen LogP contribution is -2.13. The molecule has 0 saturated heterocycles. The van der Waals surface area contributed by atoms with Crippen LogP contribution in [0.25, 0.3) is 11.4 Å². The molecule has 0 aliphatic carbocycles. The third-order valence-corrected chi connectivity index (χ3v) is 4.80. The van der Waals surface area contributed by atoms with Crippen LogP contribution in [0.15, 0.2) is 46.6 Å². The molecule has 3 rings (SSSR count). The molecule has 0 saturated carbocycles. The molecule has 0 bridgehead atoms. The van der Waals surface area contributed by atoms with E-state index in [2.05, 4.69) is 26.9 Å². The summed E-state index contributed by atoms with van der Waals surface area (Å²) in [6.45, 7) is 10.6. The van der Waals surface area contributed by atoms with Crippen molar-refractivity contribution in [2.75, 3.05) is 0 Å². The van der Waals surface area contributed by atoms with Crippen LogP contribution in [0.4, 0.5) is 0 Å². The molecule has 0 atom stereocenters. The first kappa shape index (κ1) is 18.7. The highest BCUT2D eigenvalue weighted by atomic mass is 35.5. The highest BCUT2D eigenvalue weighted by Crippen LogP contribution is 2.27. The van der Waals surface area contributed by atoms with Gasteiger partial charge in [-0.3, -0.25) is 4.57 Å². The van der Waals surface area contributed by atoms with E-state index < -0.39 is 0 Å². The van der Waals surface area contributed by atoms with Crippen molar-refractivity contribution in [3.8, 4) is 11.4 Å². The fourth-order valence-electron chi connectivity index (χ4n) is 2.25. The fourth-order valence-corrected chi connectivity index (χ4v) is 3.16. The molecule has 8 heteroatoms. The van der Waals surface area contributed by atoms with Crippen molar-refractivity contribution in [3.05, 3.63) is 53.7 Å². The van der Waals surface area contributed by atoms with E-state index in [1.807, 2.05) is 55.7 Å². The van der Waals surface area contributed by atoms with Crippen LogP contribution in [0.3, 0.4) is 0 Å². The Bertz CT molecular complexity index is 895. The van der Waals surface area contributed by atoms with Crippen molar-refractivity contribution in [1.82, 2.24) is 24.9 Å². The van der Waals surface area contributed by atoms with Gasteiger partial charge in [0.1, 0.15) is 0 Å². The summed E-state index contributed by atoms with van der Waals surface area (Å²) in [6.07, 6.45) is 1.82. The number of benzene rings is 1. The zero-order valence-electron chi connectivity index (χ0n) is 14.9. The Kier molecular flexibility index (Phi) is 5.48. The molecular formula is C18H20ClN5OS. The maximum absolute atomic E-state index is 5.97. The minimum atomic E-state index is -0.142. The van der Waals surface area contributed by atoms with E-state index in [1.54, 1.807) is 0 Å². The van der Waals surface area contributed by atoms with Crippen LogP contribution in [0.1, 0.15) is 32.5 Å². The Labute approximate surface area is 161 Å². The number of hydrogen-bond donors (Lipinski definition) is 0. The van der Waals surface area contributed by atoms with Gasteiger partial charge in [0.25, 0.3) is 0 Å². The van der Waals surface area contributed by atoms with Crippen LogP contribution >= 0.6 is 23.4 Å². The molecule has 26 heavy (non-hydrogen) atoms. The molecule has 3 aromatic rings. The average Bonchev–Trinajstić information content (AvgIpc) is 3.21. The van der Waals surface area contributed by atoms with Crippen LogP contribution in [0.2, 0.25) is 5.02 Å². The zero-order valence-corrected chi connectivity index (χ0v) is 16.5. The number of hydrogen-bond acceptors (Lipinski definition) is 6. The number of halogens is 1. The first-order valence-electron chi connectivity index (χ1n) is 8.14. The quantitative estimate of drug-likeness (QED) is 0.447. The second-order valence-electron chi connectivity index (χ2n) is 6.76. The standard InChI is InChI=1S/C18H20ClN5OS/c1-5-10-24-15(12-6-8-13(19)9-7-12)21-22-17(24)26-11-14-20-16(23-25-14)18(2,3)4/h5-9H,1,10-11H2,2-4H3. The molecule has 0 unspecified atom stereocenters. The van der Waals surface area contributed by atoms with E-state index >= 15 is 0 Å². The minimum Gasteiger partial charge on any atom is -0.338 e. The first-order valence-corrected chi connectivity index (χ1v) is 9.50. The molecule has 2 heterocycles. The third-order valence-electron chi connectivity index (χ3n) is 3.59. The van der Waals surface area contributed by atoms with Crippen molar-refractivity contribution >= 4 is 23.4 Å². The molecule has 0 radical (unpaired) electrons. The minimum absolute atomic E-state index is 0.142. The monoisotopic (exact) mass is 389 g/mol. The van der Waals surface area contributed by atoms with Gasteiger partial charge in [-0.2, -0.15) is 4.98 Å². The van der Waals surface area contributed by atoms with Crippen molar-refractivity contribution in [3.63, 3.8) is 0 Å². The van der Waals surface area contributed by atoms with Crippen molar-refractivity contribution in [2.45, 2.75) is 43.6 Å². The molecular weight excluding hydrogens is 370 g/mol. The fraction of sp³-hybridized carbons (Fsp3) is 0.333. The van der Waals surface area contributed by atoms with Gasteiger partial charge < -0.3 is 4.52 Å². The van der Waals surface area contributed by atoms with Crippen LogP contribution in [0.5, 0.6) is 0 Å². The molecule has 0 aliphatic rings. The predicted octanol–water partition coefficient (Wildman–Crippen LogP) is 4.76. The Morgan fingerprint density at radius 1 is 1.23 bits per heavy atom. The van der Waals surface area contributed by atoms with Gasteiger partial charge in [0.05, 0.1) is 5.75 Å². The zero-order chi connectivity index (χ0) is 18.7. The molecule has 2 aromatic heterocycles. The Balaban J connectivity index is 1.80. The van der Waals surface area contributed by atoms with Crippen molar-refractivity contribution in [2.24, 2.45) is 0 Å². The van der Waals surface area contributed by atoms with E-state index in [9.17, 15) is 0 Å². The van der Waals surface area contributed by atoms with Crippen LogP contribution in [0, 0.1) is 0 Å². The molecule has 136 valence electrons. The van der Waals surface area contributed by atoms with Gasteiger partial charge in [0.15, 0.2) is 16.8 Å². The highest BCUT2D eigenvalue weighted by molar-refractivity contribution is 7.98. The van der Waals surface area contributed by atoms with E-state index in [4.69, 9.17) is 16.1 Å². The Morgan fingerprint density at radius 2 is 1.96 bits per heavy atom. The van der Waals surface area contributed by atoms with Gasteiger partial charge in [0.2, 0.25) is 5.89 Å². The highest BCUT2D eigenvalue weighted by Gasteiger charge is 2.21. The third kappa shape index (κ3) is 4.16. The maximum Gasteiger partial charge on any atom is 0.237 e. The molecule has 0 spiro atoms. The predicted molar refractivity (Wildman–Crippen MR) is 103 cm³/mol. The Hall–Kier alpha value is -2.12. The van der Waals surface area contributed by atoms with Crippen LogP contribution in [-0.4, -0.2) is 24.9 Å². The number of allylic oxidation sites excluding steroid dienone is 1. The van der Waals surface area contributed by atoms with Crippen molar-refractivity contribution in [1.29, 1.82) is 0 Å². The van der Waals surface area contributed by atoms with Crippen LogP contribution < -0.4 is 0 Å². The summed E-state index contributed by atoms with van der Waals surface area (Å²) < 4.78 is 7.35. The largest absolute Gasteiger partial charge is 0.338 e. The SMILES string of the molecule is C=CCn1c(SCc2nc(C(C)(C)C)no2)nnc1-c1ccc(Cl)cc1. The Morgan fingerprint density at radius 3 is 2.58 bits per heavy atom. The van der Waals surface area contributed by atoms with Gasteiger partial charge in [-0.25, -0.2) is 0 Å². The van der Waals surface area contributed by atoms with Gasteiger partial charge in [-0.1, -0.05) is 55.4 Å². The first-order chi connectivity index (χ1) is 12.4. The van der Waals surface area contributed by atoms with E-state index in [1.165, 1.54) is 11.8 Å². The van der Waals surface area contributed by atoms with E-state index in [0.717, 1.165) is 16.5 Å². The number of rotatable bonds is 6.